The zero-order valence-corrected chi connectivity index (χ0v) is 16.4. The monoisotopic (exact) mass is 377 g/mol. The summed E-state index contributed by atoms with van der Waals surface area (Å²) in [4.78, 5) is 28.8. The van der Waals surface area contributed by atoms with Crippen molar-refractivity contribution in [2.75, 3.05) is 18.0 Å². The number of carbonyl (C=O) groups is 2. The van der Waals surface area contributed by atoms with E-state index in [9.17, 15) is 9.59 Å². The van der Waals surface area contributed by atoms with Crippen LogP contribution in [-0.4, -0.2) is 35.8 Å². The standard InChI is InChI=1S/C23H27N3O2/c1-17(26-14-12-18-7-4-5-10-21(18)26)23(28)24-15-19-8-2-3-9-20(19)16-25-13-6-11-22(25)27/h2-5,7-10,17H,6,11-16H2,1H3,(H,24,28)/t17-/m0/s1. The molecule has 1 saturated heterocycles. The van der Waals surface area contributed by atoms with Gasteiger partial charge in [0.05, 0.1) is 0 Å². The fraction of sp³-hybridized carbons (Fsp3) is 0.391. The van der Waals surface area contributed by atoms with Gasteiger partial charge in [0.1, 0.15) is 6.04 Å². The number of para-hydroxylation sites is 1. The van der Waals surface area contributed by atoms with Gasteiger partial charge < -0.3 is 15.1 Å². The summed E-state index contributed by atoms with van der Waals surface area (Å²) in [6.07, 6.45) is 2.57. The van der Waals surface area contributed by atoms with Crippen molar-refractivity contribution in [1.82, 2.24) is 10.2 Å². The largest absolute Gasteiger partial charge is 0.359 e. The highest BCUT2D eigenvalue weighted by Crippen LogP contribution is 2.29. The van der Waals surface area contributed by atoms with Crippen molar-refractivity contribution in [1.29, 1.82) is 0 Å². The van der Waals surface area contributed by atoms with E-state index in [0.717, 1.165) is 42.7 Å². The van der Waals surface area contributed by atoms with E-state index in [1.54, 1.807) is 0 Å². The number of hydrogen-bond donors (Lipinski definition) is 1. The zero-order valence-electron chi connectivity index (χ0n) is 16.4. The van der Waals surface area contributed by atoms with Crippen molar-refractivity contribution in [3.63, 3.8) is 0 Å². The maximum absolute atomic E-state index is 12.8. The predicted molar refractivity (Wildman–Crippen MR) is 110 cm³/mol. The normalized spacial score (nSPS) is 17.0. The maximum atomic E-state index is 12.8. The molecule has 1 N–H and O–H groups in total. The van der Waals surface area contributed by atoms with Gasteiger partial charge in [-0.3, -0.25) is 9.59 Å². The molecule has 1 fully saturated rings. The third-order valence-electron chi connectivity index (χ3n) is 5.87. The molecule has 1 atom stereocenters. The first-order chi connectivity index (χ1) is 13.6. The molecule has 2 aliphatic rings. The molecular weight excluding hydrogens is 350 g/mol. The van der Waals surface area contributed by atoms with Crippen molar-refractivity contribution in [2.24, 2.45) is 0 Å². The van der Waals surface area contributed by atoms with Crippen LogP contribution in [-0.2, 0) is 29.1 Å². The lowest BCUT2D eigenvalue weighted by Crippen LogP contribution is -2.44. The number of likely N-dealkylation sites (tertiary alicyclic amines) is 1. The van der Waals surface area contributed by atoms with Crippen LogP contribution in [0.5, 0.6) is 0 Å². The van der Waals surface area contributed by atoms with Gasteiger partial charge in [0.25, 0.3) is 0 Å². The molecule has 2 amide bonds. The number of hydrogen-bond acceptors (Lipinski definition) is 3. The number of nitrogens with zero attached hydrogens (tertiary/aromatic N) is 2. The summed E-state index contributed by atoms with van der Waals surface area (Å²) >= 11 is 0. The second kappa shape index (κ2) is 8.05. The summed E-state index contributed by atoms with van der Waals surface area (Å²) in [5, 5.41) is 3.10. The van der Waals surface area contributed by atoms with Crippen molar-refractivity contribution in [3.8, 4) is 0 Å². The van der Waals surface area contributed by atoms with Crippen molar-refractivity contribution < 1.29 is 9.59 Å². The molecule has 2 aromatic carbocycles. The maximum Gasteiger partial charge on any atom is 0.242 e. The molecule has 146 valence electrons. The highest BCUT2D eigenvalue weighted by atomic mass is 16.2. The van der Waals surface area contributed by atoms with Gasteiger partial charge in [0.2, 0.25) is 11.8 Å². The molecule has 0 saturated carbocycles. The number of benzene rings is 2. The molecule has 4 rings (SSSR count). The van der Waals surface area contributed by atoms with Crippen LogP contribution < -0.4 is 10.2 Å². The fourth-order valence-corrected chi connectivity index (χ4v) is 4.20. The number of rotatable bonds is 6. The molecule has 0 spiro atoms. The van der Waals surface area contributed by atoms with Crippen LogP contribution in [0.15, 0.2) is 48.5 Å². The number of amides is 2. The first-order valence-electron chi connectivity index (χ1n) is 10.1. The Bertz CT molecular complexity index is 880. The van der Waals surface area contributed by atoms with Crippen LogP contribution in [0.3, 0.4) is 0 Å². The van der Waals surface area contributed by atoms with Crippen LogP contribution in [0.2, 0.25) is 0 Å². The van der Waals surface area contributed by atoms with Crippen molar-refractivity contribution in [3.05, 3.63) is 65.2 Å². The Hall–Kier alpha value is -2.82. The molecule has 0 bridgehead atoms. The molecular formula is C23H27N3O2. The van der Waals surface area contributed by atoms with Crippen LogP contribution in [0.25, 0.3) is 0 Å². The lowest BCUT2D eigenvalue weighted by atomic mass is 10.1. The van der Waals surface area contributed by atoms with Gasteiger partial charge in [-0.15, -0.1) is 0 Å². The minimum absolute atomic E-state index is 0.0313. The Morgan fingerprint density at radius 1 is 1.04 bits per heavy atom. The molecule has 5 nitrogen and oxygen atoms in total. The summed E-state index contributed by atoms with van der Waals surface area (Å²) in [6.45, 7) is 4.77. The molecule has 28 heavy (non-hydrogen) atoms. The first kappa shape index (κ1) is 18.5. The quantitative estimate of drug-likeness (QED) is 0.842. The van der Waals surface area contributed by atoms with E-state index >= 15 is 0 Å². The van der Waals surface area contributed by atoms with E-state index in [-0.39, 0.29) is 17.9 Å². The Morgan fingerprint density at radius 2 is 1.79 bits per heavy atom. The molecule has 2 aliphatic heterocycles. The zero-order chi connectivity index (χ0) is 19.5. The second-order valence-corrected chi connectivity index (χ2v) is 7.65. The SMILES string of the molecule is C[C@@H](C(=O)NCc1ccccc1CN1CCCC1=O)N1CCc2ccccc21. The summed E-state index contributed by atoms with van der Waals surface area (Å²) < 4.78 is 0. The highest BCUT2D eigenvalue weighted by Gasteiger charge is 2.27. The van der Waals surface area contributed by atoms with Gasteiger partial charge in [-0.1, -0.05) is 42.5 Å². The van der Waals surface area contributed by atoms with Crippen LogP contribution in [0, 0.1) is 0 Å². The van der Waals surface area contributed by atoms with Crippen molar-refractivity contribution in [2.45, 2.75) is 45.3 Å². The van der Waals surface area contributed by atoms with Gasteiger partial charge in [-0.25, -0.2) is 0 Å². The Labute approximate surface area is 166 Å². The summed E-state index contributed by atoms with van der Waals surface area (Å²) in [5.74, 6) is 0.254. The smallest absolute Gasteiger partial charge is 0.242 e. The van der Waals surface area contributed by atoms with Gasteiger partial charge in [-0.05, 0) is 42.5 Å². The highest BCUT2D eigenvalue weighted by molar-refractivity contribution is 5.85. The molecule has 0 unspecified atom stereocenters. The third-order valence-corrected chi connectivity index (χ3v) is 5.87. The molecule has 0 aromatic heterocycles. The number of nitrogens with one attached hydrogen (secondary N) is 1. The number of anilines is 1. The van der Waals surface area contributed by atoms with E-state index < -0.39 is 0 Å². The summed E-state index contributed by atoms with van der Waals surface area (Å²) in [5.41, 5.74) is 4.66. The Morgan fingerprint density at radius 3 is 2.57 bits per heavy atom. The summed E-state index contributed by atoms with van der Waals surface area (Å²) in [7, 11) is 0. The van der Waals surface area contributed by atoms with Crippen LogP contribution in [0.4, 0.5) is 5.69 Å². The topological polar surface area (TPSA) is 52.7 Å². The number of fused-ring (bicyclic) bond motifs is 1. The van der Waals surface area contributed by atoms with E-state index in [2.05, 4.69) is 28.4 Å². The average molecular weight is 377 g/mol. The average Bonchev–Trinajstić information content (AvgIpc) is 3.33. The molecule has 0 radical (unpaired) electrons. The fourth-order valence-electron chi connectivity index (χ4n) is 4.20. The first-order valence-corrected chi connectivity index (χ1v) is 10.1. The van der Waals surface area contributed by atoms with Crippen LogP contribution in [0.1, 0.15) is 36.5 Å². The van der Waals surface area contributed by atoms with Crippen molar-refractivity contribution >= 4 is 17.5 Å². The Balaban J connectivity index is 1.39. The lowest BCUT2D eigenvalue weighted by molar-refractivity contribution is -0.128. The van der Waals surface area contributed by atoms with Gasteiger partial charge in [0.15, 0.2) is 0 Å². The van der Waals surface area contributed by atoms with Crippen LogP contribution >= 0.6 is 0 Å². The second-order valence-electron chi connectivity index (χ2n) is 7.65. The van der Waals surface area contributed by atoms with E-state index in [4.69, 9.17) is 0 Å². The van der Waals surface area contributed by atoms with E-state index in [0.29, 0.717) is 19.5 Å². The lowest BCUT2D eigenvalue weighted by Gasteiger charge is -2.26. The molecule has 2 heterocycles. The van der Waals surface area contributed by atoms with E-state index in [1.165, 1.54) is 5.56 Å². The Kier molecular flexibility index (Phi) is 5.33. The molecule has 5 heteroatoms. The molecule has 0 aliphatic carbocycles. The van der Waals surface area contributed by atoms with Gasteiger partial charge >= 0.3 is 0 Å². The molecule has 2 aromatic rings. The summed E-state index contributed by atoms with van der Waals surface area (Å²) in [6, 6.07) is 16.1. The predicted octanol–water partition coefficient (Wildman–Crippen LogP) is 2.88. The minimum atomic E-state index is -0.212. The third kappa shape index (κ3) is 3.75. The van der Waals surface area contributed by atoms with Gasteiger partial charge in [0, 0.05) is 38.3 Å². The number of carbonyl (C=O) groups excluding carboxylic acids is 2. The van der Waals surface area contributed by atoms with E-state index in [1.807, 2.05) is 42.2 Å². The minimum Gasteiger partial charge on any atom is -0.359 e. The van der Waals surface area contributed by atoms with Gasteiger partial charge in [-0.2, -0.15) is 0 Å².